The van der Waals surface area contributed by atoms with Crippen molar-refractivity contribution in [3.05, 3.63) is 34.3 Å². The van der Waals surface area contributed by atoms with Crippen molar-refractivity contribution >= 4 is 36.4 Å². The molecule has 3 rings (SSSR count). The minimum Gasteiger partial charge on any atom is -0.314 e. The van der Waals surface area contributed by atoms with Crippen LogP contribution in [0, 0.1) is 5.92 Å². The third kappa shape index (κ3) is 5.39. The second-order valence-electron chi connectivity index (χ2n) is 6.51. The van der Waals surface area contributed by atoms with Gasteiger partial charge in [-0.15, -0.1) is 24.8 Å². The molecule has 1 aliphatic carbocycles. The predicted octanol–water partition coefficient (Wildman–Crippen LogP) is 5.34. The first-order valence-corrected chi connectivity index (χ1v) is 8.66. The zero-order valence-electron chi connectivity index (χ0n) is 13.8. The van der Waals surface area contributed by atoms with Gasteiger partial charge >= 0.3 is 6.18 Å². The van der Waals surface area contributed by atoms with Crippen molar-refractivity contribution in [1.82, 2.24) is 10.2 Å². The molecular formula is C17H24Cl3F3N2. The number of benzene rings is 1. The fourth-order valence-corrected chi connectivity index (χ4v) is 4.16. The third-order valence-corrected chi connectivity index (χ3v) is 5.38. The van der Waals surface area contributed by atoms with Crippen LogP contribution in [-0.2, 0) is 6.18 Å². The van der Waals surface area contributed by atoms with Crippen LogP contribution >= 0.6 is 36.4 Å². The van der Waals surface area contributed by atoms with Crippen molar-refractivity contribution in [3.8, 4) is 0 Å². The molecule has 2 nitrogen and oxygen atoms in total. The van der Waals surface area contributed by atoms with Gasteiger partial charge in [0.15, 0.2) is 0 Å². The molecule has 0 radical (unpaired) electrons. The Kier molecular flexibility index (Phi) is 8.82. The molecule has 0 unspecified atom stereocenters. The molecule has 1 N–H and O–H groups in total. The smallest absolute Gasteiger partial charge is 0.314 e. The molecule has 1 aromatic carbocycles. The quantitative estimate of drug-likeness (QED) is 0.711. The summed E-state index contributed by atoms with van der Waals surface area (Å²) in [6.07, 6.45) is 0.124. The third-order valence-electron chi connectivity index (χ3n) is 5.03. The van der Waals surface area contributed by atoms with E-state index in [9.17, 15) is 13.2 Å². The summed E-state index contributed by atoms with van der Waals surface area (Å²) in [5, 5.41) is 3.76. The highest BCUT2D eigenvalue weighted by Crippen LogP contribution is 2.43. The molecule has 0 bridgehead atoms. The molecule has 1 saturated carbocycles. The van der Waals surface area contributed by atoms with Crippen LogP contribution in [0.15, 0.2) is 18.2 Å². The Bertz CT molecular complexity index is 542. The molecule has 1 heterocycles. The van der Waals surface area contributed by atoms with Crippen molar-refractivity contribution < 1.29 is 13.2 Å². The van der Waals surface area contributed by atoms with Gasteiger partial charge in [-0.25, -0.2) is 0 Å². The molecule has 0 spiro atoms. The summed E-state index contributed by atoms with van der Waals surface area (Å²) < 4.78 is 39.3. The molecule has 0 amide bonds. The van der Waals surface area contributed by atoms with E-state index in [0.29, 0.717) is 16.5 Å². The molecule has 0 aromatic heterocycles. The van der Waals surface area contributed by atoms with E-state index in [4.69, 9.17) is 11.6 Å². The van der Waals surface area contributed by atoms with Crippen LogP contribution in [0.3, 0.4) is 0 Å². The SMILES string of the molecule is Cl.Cl.FC(F)(F)c1ccc(Cl)c([C@H](C2CCCC2)N2CCNCC2)c1. The van der Waals surface area contributed by atoms with Gasteiger partial charge in [-0.05, 0) is 42.5 Å². The number of hydrogen-bond donors (Lipinski definition) is 1. The van der Waals surface area contributed by atoms with Gasteiger partial charge in [0.05, 0.1) is 5.56 Å². The molecule has 8 heteroatoms. The Morgan fingerprint density at radius 1 is 1.08 bits per heavy atom. The van der Waals surface area contributed by atoms with Gasteiger partial charge in [-0.1, -0.05) is 24.4 Å². The monoisotopic (exact) mass is 418 g/mol. The van der Waals surface area contributed by atoms with Gasteiger partial charge in [-0.2, -0.15) is 13.2 Å². The number of piperazine rings is 1. The van der Waals surface area contributed by atoms with Gasteiger partial charge in [-0.3, -0.25) is 4.90 Å². The Morgan fingerprint density at radius 3 is 2.24 bits per heavy atom. The van der Waals surface area contributed by atoms with Gasteiger partial charge in [0.2, 0.25) is 0 Å². The minimum absolute atomic E-state index is 0. The number of nitrogens with zero attached hydrogens (tertiary/aromatic N) is 1. The molecule has 1 aromatic rings. The van der Waals surface area contributed by atoms with E-state index in [-0.39, 0.29) is 30.9 Å². The first-order chi connectivity index (χ1) is 11.0. The Labute approximate surface area is 164 Å². The molecule has 2 aliphatic rings. The summed E-state index contributed by atoms with van der Waals surface area (Å²) in [5.74, 6) is 0.397. The largest absolute Gasteiger partial charge is 0.416 e. The van der Waals surface area contributed by atoms with Gasteiger partial charge in [0, 0.05) is 37.2 Å². The van der Waals surface area contributed by atoms with E-state index in [1.54, 1.807) is 0 Å². The first-order valence-electron chi connectivity index (χ1n) is 8.28. The fourth-order valence-electron chi connectivity index (χ4n) is 3.93. The number of nitrogens with one attached hydrogen (secondary N) is 1. The number of hydrogen-bond acceptors (Lipinski definition) is 2. The molecule has 1 aliphatic heterocycles. The normalized spacial score (nSPS) is 20.6. The van der Waals surface area contributed by atoms with E-state index in [1.165, 1.54) is 12.1 Å². The lowest BCUT2D eigenvalue weighted by atomic mass is 9.88. The molecule has 25 heavy (non-hydrogen) atoms. The van der Waals surface area contributed by atoms with Gasteiger partial charge in [0.1, 0.15) is 0 Å². The maximum Gasteiger partial charge on any atom is 0.416 e. The van der Waals surface area contributed by atoms with Crippen molar-refractivity contribution in [2.75, 3.05) is 26.2 Å². The molecular weight excluding hydrogens is 396 g/mol. The van der Waals surface area contributed by atoms with E-state index >= 15 is 0 Å². The number of alkyl halides is 3. The van der Waals surface area contributed by atoms with E-state index in [2.05, 4.69) is 10.2 Å². The van der Waals surface area contributed by atoms with Crippen molar-refractivity contribution in [2.45, 2.75) is 37.9 Å². The molecule has 2 fully saturated rings. The van der Waals surface area contributed by atoms with Crippen LogP contribution in [0.4, 0.5) is 13.2 Å². The van der Waals surface area contributed by atoms with Gasteiger partial charge in [0.25, 0.3) is 0 Å². The summed E-state index contributed by atoms with van der Waals surface area (Å²) in [7, 11) is 0. The number of halogens is 6. The van der Waals surface area contributed by atoms with Crippen molar-refractivity contribution in [3.63, 3.8) is 0 Å². The lowest BCUT2D eigenvalue weighted by Gasteiger charge is -2.39. The zero-order chi connectivity index (χ0) is 16.4. The summed E-state index contributed by atoms with van der Waals surface area (Å²) in [6.45, 7) is 3.46. The Morgan fingerprint density at radius 2 is 1.68 bits per heavy atom. The van der Waals surface area contributed by atoms with Crippen LogP contribution < -0.4 is 5.32 Å². The van der Waals surface area contributed by atoms with Crippen molar-refractivity contribution in [2.24, 2.45) is 5.92 Å². The fraction of sp³-hybridized carbons (Fsp3) is 0.647. The Hall–Kier alpha value is -0.200. The maximum absolute atomic E-state index is 13.1. The molecule has 1 saturated heterocycles. The zero-order valence-corrected chi connectivity index (χ0v) is 16.2. The highest BCUT2D eigenvalue weighted by molar-refractivity contribution is 6.31. The topological polar surface area (TPSA) is 15.3 Å². The van der Waals surface area contributed by atoms with Crippen LogP contribution in [0.1, 0.15) is 42.9 Å². The van der Waals surface area contributed by atoms with Gasteiger partial charge < -0.3 is 5.32 Å². The number of rotatable bonds is 3. The van der Waals surface area contributed by atoms with Crippen LogP contribution in [0.5, 0.6) is 0 Å². The van der Waals surface area contributed by atoms with Crippen LogP contribution in [-0.4, -0.2) is 31.1 Å². The van der Waals surface area contributed by atoms with Crippen molar-refractivity contribution in [1.29, 1.82) is 0 Å². The van der Waals surface area contributed by atoms with E-state index < -0.39 is 11.7 Å². The second-order valence-corrected chi connectivity index (χ2v) is 6.92. The minimum atomic E-state index is -4.33. The van der Waals surface area contributed by atoms with Crippen LogP contribution in [0.2, 0.25) is 5.02 Å². The summed E-state index contributed by atoms with van der Waals surface area (Å²) in [4.78, 5) is 2.31. The Balaban J connectivity index is 0.00000156. The van der Waals surface area contributed by atoms with E-state index in [1.807, 2.05) is 0 Å². The summed E-state index contributed by atoms with van der Waals surface area (Å²) >= 11 is 6.33. The predicted molar refractivity (Wildman–Crippen MR) is 100 cm³/mol. The van der Waals surface area contributed by atoms with Crippen LogP contribution in [0.25, 0.3) is 0 Å². The summed E-state index contributed by atoms with van der Waals surface area (Å²) in [5.41, 5.74) is 0.0466. The lowest BCUT2D eigenvalue weighted by Crippen LogP contribution is -2.46. The highest BCUT2D eigenvalue weighted by atomic mass is 35.5. The maximum atomic E-state index is 13.1. The first kappa shape index (κ1) is 22.8. The lowest BCUT2D eigenvalue weighted by molar-refractivity contribution is -0.137. The average Bonchev–Trinajstić information content (AvgIpc) is 3.03. The van der Waals surface area contributed by atoms with E-state index in [0.717, 1.165) is 57.9 Å². The summed E-state index contributed by atoms with van der Waals surface area (Å²) in [6, 6.07) is 3.75. The standard InChI is InChI=1S/C17H22ClF3N2.2ClH/c18-15-6-5-13(17(19,20)21)11-14(15)16(12-3-1-2-4-12)23-9-7-22-8-10-23;;/h5-6,11-12,16,22H,1-4,7-10H2;2*1H/t16-;;/m0../s1. The molecule has 1 atom stereocenters. The molecule has 144 valence electrons. The highest BCUT2D eigenvalue weighted by Gasteiger charge is 2.36. The average molecular weight is 420 g/mol. The second kappa shape index (κ2) is 9.65.